The first kappa shape index (κ1) is 16.0. The fourth-order valence-electron chi connectivity index (χ4n) is 3.17. The molecule has 1 fully saturated rings. The maximum absolute atomic E-state index is 12.2. The van der Waals surface area contributed by atoms with Crippen molar-refractivity contribution in [3.63, 3.8) is 0 Å². The fraction of sp³-hybridized carbons (Fsp3) is 0.500. The molecule has 1 saturated carbocycles. The van der Waals surface area contributed by atoms with Gasteiger partial charge in [-0.2, -0.15) is 8.42 Å². The van der Waals surface area contributed by atoms with E-state index in [1.165, 1.54) is 12.5 Å². The minimum atomic E-state index is -3.65. The molecule has 1 aromatic carbocycles. The van der Waals surface area contributed by atoms with Crippen LogP contribution in [0.3, 0.4) is 0 Å². The molecule has 23 heavy (non-hydrogen) atoms. The van der Waals surface area contributed by atoms with Gasteiger partial charge in [0.25, 0.3) is 10.0 Å². The second kappa shape index (κ2) is 6.31. The van der Waals surface area contributed by atoms with Crippen LogP contribution in [0.4, 0.5) is 0 Å². The molecule has 1 aliphatic carbocycles. The van der Waals surface area contributed by atoms with Crippen molar-refractivity contribution < 1.29 is 13.2 Å². The number of likely N-dealkylation sites (N-methyl/N-ethyl adjacent to an activating group) is 1. The number of nitrogens with zero attached hydrogens (tertiary/aromatic N) is 2. The van der Waals surface area contributed by atoms with Gasteiger partial charge >= 0.3 is 0 Å². The number of rotatable bonds is 3. The zero-order chi connectivity index (χ0) is 16.4. The Morgan fingerprint density at radius 2 is 1.96 bits per heavy atom. The molecule has 1 amide bonds. The van der Waals surface area contributed by atoms with Crippen molar-refractivity contribution in [1.82, 2.24) is 10.2 Å². The lowest BCUT2D eigenvalue weighted by molar-refractivity contribution is -0.122. The van der Waals surface area contributed by atoms with Crippen LogP contribution in [-0.4, -0.2) is 44.7 Å². The molecule has 1 aliphatic heterocycles. The van der Waals surface area contributed by atoms with Gasteiger partial charge in [-0.15, -0.1) is 4.40 Å². The summed E-state index contributed by atoms with van der Waals surface area (Å²) in [5.41, 5.74) is 0.556. The predicted molar refractivity (Wildman–Crippen MR) is 87.8 cm³/mol. The molecule has 1 N–H and O–H groups in total. The van der Waals surface area contributed by atoms with Gasteiger partial charge in [-0.3, -0.25) is 4.79 Å². The van der Waals surface area contributed by atoms with E-state index in [2.05, 4.69) is 9.71 Å². The molecule has 6 nitrogen and oxygen atoms in total. The van der Waals surface area contributed by atoms with Crippen LogP contribution in [0, 0.1) is 0 Å². The van der Waals surface area contributed by atoms with E-state index in [-0.39, 0.29) is 23.4 Å². The van der Waals surface area contributed by atoms with Crippen molar-refractivity contribution >= 4 is 21.8 Å². The zero-order valence-electron chi connectivity index (χ0n) is 13.2. The van der Waals surface area contributed by atoms with E-state index >= 15 is 0 Å². The van der Waals surface area contributed by atoms with Crippen LogP contribution in [0.1, 0.15) is 37.7 Å². The molecule has 2 aliphatic rings. The molecule has 124 valence electrons. The first-order valence-corrected chi connectivity index (χ1v) is 9.36. The SMILES string of the molecule is CN(CC(=O)NC1CCCCC1)C1=NS(=O)(=O)c2ccccc21. The van der Waals surface area contributed by atoms with Gasteiger partial charge in [0, 0.05) is 18.7 Å². The Labute approximate surface area is 136 Å². The number of hydrogen-bond acceptors (Lipinski definition) is 4. The molecule has 7 heteroatoms. The zero-order valence-corrected chi connectivity index (χ0v) is 14.0. The lowest BCUT2D eigenvalue weighted by atomic mass is 9.95. The van der Waals surface area contributed by atoms with Crippen LogP contribution in [-0.2, 0) is 14.8 Å². The third-order valence-corrected chi connectivity index (χ3v) is 5.65. The number of hydrogen-bond donors (Lipinski definition) is 1. The molecule has 0 aromatic heterocycles. The standard InChI is InChI=1S/C16H21N3O3S/c1-19(11-15(20)17-12-7-3-2-4-8-12)16-13-9-5-6-10-14(13)23(21,22)18-16/h5-6,9-10,12H,2-4,7-8,11H2,1H3,(H,17,20). The number of nitrogens with one attached hydrogen (secondary N) is 1. The number of amidine groups is 1. The van der Waals surface area contributed by atoms with Gasteiger partial charge in [0.1, 0.15) is 4.90 Å². The third kappa shape index (κ3) is 3.39. The topological polar surface area (TPSA) is 78.8 Å². The lowest BCUT2D eigenvalue weighted by Crippen LogP contribution is -2.43. The van der Waals surface area contributed by atoms with Gasteiger partial charge in [-0.25, -0.2) is 0 Å². The average molecular weight is 335 g/mol. The van der Waals surface area contributed by atoms with Crippen LogP contribution in [0.15, 0.2) is 33.6 Å². The maximum atomic E-state index is 12.2. The van der Waals surface area contributed by atoms with Gasteiger partial charge in [-0.1, -0.05) is 31.4 Å². The summed E-state index contributed by atoms with van der Waals surface area (Å²) in [6.45, 7) is 0.0964. The molecule has 0 atom stereocenters. The largest absolute Gasteiger partial charge is 0.352 e. The highest BCUT2D eigenvalue weighted by Crippen LogP contribution is 2.26. The van der Waals surface area contributed by atoms with Gasteiger partial charge in [0.15, 0.2) is 5.84 Å². The van der Waals surface area contributed by atoms with Gasteiger partial charge in [-0.05, 0) is 25.0 Å². The summed E-state index contributed by atoms with van der Waals surface area (Å²) >= 11 is 0. The van der Waals surface area contributed by atoms with E-state index in [0.29, 0.717) is 11.4 Å². The normalized spacial score (nSPS) is 19.8. The Morgan fingerprint density at radius 3 is 2.70 bits per heavy atom. The molecule has 0 unspecified atom stereocenters. The van der Waals surface area contributed by atoms with E-state index < -0.39 is 10.0 Å². The number of carbonyl (C=O) groups is 1. The summed E-state index contributed by atoms with van der Waals surface area (Å²) < 4.78 is 27.9. The molecular formula is C16H21N3O3S. The summed E-state index contributed by atoms with van der Waals surface area (Å²) in [6.07, 6.45) is 5.58. The monoisotopic (exact) mass is 335 g/mol. The van der Waals surface area contributed by atoms with Gasteiger partial charge < -0.3 is 10.2 Å². The highest BCUT2D eigenvalue weighted by atomic mass is 32.2. The van der Waals surface area contributed by atoms with Crippen molar-refractivity contribution in [2.45, 2.75) is 43.0 Å². The van der Waals surface area contributed by atoms with Crippen molar-refractivity contribution in [2.24, 2.45) is 4.40 Å². The minimum absolute atomic E-state index is 0.0936. The molecular weight excluding hydrogens is 314 g/mol. The van der Waals surface area contributed by atoms with Crippen LogP contribution in [0.5, 0.6) is 0 Å². The van der Waals surface area contributed by atoms with Crippen molar-refractivity contribution in [2.75, 3.05) is 13.6 Å². The van der Waals surface area contributed by atoms with E-state index in [0.717, 1.165) is 25.7 Å². The average Bonchev–Trinajstić information content (AvgIpc) is 2.80. The molecule has 0 radical (unpaired) electrons. The van der Waals surface area contributed by atoms with Gasteiger partial charge in [0.05, 0.1) is 6.54 Å². The summed E-state index contributed by atoms with van der Waals surface area (Å²) in [7, 11) is -1.96. The molecule has 0 bridgehead atoms. The number of fused-ring (bicyclic) bond motifs is 1. The van der Waals surface area contributed by atoms with Crippen molar-refractivity contribution in [1.29, 1.82) is 0 Å². The molecule has 0 spiro atoms. The number of sulfonamides is 1. The Balaban J connectivity index is 1.69. The Hall–Kier alpha value is -1.89. The summed E-state index contributed by atoms with van der Waals surface area (Å²) in [5.74, 6) is 0.239. The number of amides is 1. The van der Waals surface area contributed by atoms with Crippen molar-refractivity contribution in [3.05, 3.63) is 29.8 Å². The summed E-state index contributed by atoms with van der Waals surface area (Å²) in [4.78, 5) is 14.0. The first-order valence-electron chi connectivity index (χ1n) is 7.92. The summed E-state index contributed by atoms with van der Waals surface area (Å²) in [6, 6.07) is 6.94. The van der Waals surface area contributed by atoms with Crippen LogP contribution >= 0.6 is 0 Å². The molecule has 0 saturated heterocycles. The minimum Gasteiger partial charge on any atom is -0.352 e. The van der Waals surface area contributed by atoms with E-state index in [9.17, 15) is 13.2 Å². The highest BCUT2D eigenvalue weighted by molar-refractivity contribution is 7.90. The van der Waals surface area contributed by atoms with Gasteiger partial charge in [0.2, 0.25) is 5.91 Å². The number of benzene rings is 1. The lowest BCUT2D eigenvalue weighted by Gasteiger charge is -2.25. The van der Waals surface area contributed by atoms with E-state index in [1.54, 1.807) is 30.1 Å². The fourth-order valence-corrected chi connectivity index (χ4v) is 4.43. The van der Waals surface area contributed by atoms with Crippen molar-refractivity contribution in [3.8, 4) is 0 Å². The smallest absolute Gasteiger partial charge is 0.285 e. The second-order valence-corrected chi connectivity index (χ2v) is 7.72. The Bertz CT molecular complexity index is 737. The van der Waals surface area contributed by atoms with E-state index in [1.807, 2.05) is 0 Å². The predicted octanol–water partition coefficient (Wildman–Crippen LogP) is 1.52. The van der Waals surface area contributed by atoms with Crippen LogP contribution < -0.4 is 5.32 Å². The molecule has 1 aromatic rings. The maximum Gasteiger partial charge on any atom is 0.285 e. The summed E-state index contributed by atoms with van der Waals surface area (Å²) in [5, 5.41) is 3.03. The molecule has 1 heterocycles. The molecule has 3 rings (SSSR count). The quantitative estimate of drug-likeness (QED) is 0.908. The Kier molecular flexibility index (Phi) is 4.39. The second-order valence-electron chi connectivity index (χ2n) is 6.14. The highest BCUT2D eigenvalue weighted by Gasteiger charge is 2.31. The Morgan fingerprint density at radius 1 is 1.26 bits per heavy atom. The number of carbonyl (C=O) groups excluding carboxylic acids is 1. The van der Waals surface area contributed by atoms with Crippen LogP contribution in [0.2, 0.25) is 0 Å². The van der Waals surface area contributed by atoms with E-state index in [4.69, 9.17) is 0 Å². The third-order valence-electron chi connectivity index (χ3n) is 4.33. The van der Waals surface area contributed by atoms with Crippen LogP contribution in [0.25, 0.3) is 0 Å². The first-order chi connectivity index (χ1) is 11.0.